The Balaban J connectivity index is 1.50. The number of nitrogens with zero attached hydrogens (tertiary/aromatic N) is 2. The van der Waals surface area contributed by atoms with Gasteiger partial charge in [-0.2, -0.15) is 0 Å². The average molecular weight is 417 g/mol. The number of hydrogen-bond acceptors (Lipinski definition) is 7. The van der Waals surface area contributed by atoms with E-state index in [1.54, 1.807) is 19.1 Å². The number of Topliss-reactive ketones (excluding diaryl/α,β-unsaturated/α-hetero) is 1. The van der Waals surface area contributed by atoms with Gasteiger partial charge in [0, 0.05) is 5.56 Å². The summed E-state index contributed by atoms with van der Waals surface area (Å²) in [5.41, 5.74) is 0.639. The molecule has 0 saturated heterocycles. The number of amides is 1. The van der Waals surface area contributed by atoms with Crippen LogP contribution < -0.4 is 10.1 Å². The Kier molecular flexibility index (Phi) is 6.72. The van der Waals surface area contributed by atoms with E-state index in [9.17, 15) is 14.0 Å². The maximum atomic E-state index is 12.9. The molecule has 0 fully saturated rings. The molecule has 0 radical (unpaired) electrons. The van der Waals surface area contributed by atoms with Gasteiger partial charge in [0.1, 0.15) is 11.6 Å². The molecule has 2 aromatic carbocycles. The fourth-order valence-corrected chi connectivity index (χ4v) is 3.78. The number of halogens is 1. The highest BCUT2D eigenvalue weighted by Crippen LogP contribution is 2.26. The highest BCUT2D eigenvalue weighted by atomic mass is 32.2. The van der Waals surface area contributed by atoms with Gasteiger partial charge in [0.2, 0.25) is 5.13 Å². The number of ketones is 1. The van der Waals surface area contributed by atoms with Crippen LogP contribution in [0.2, 0.25) is 0 Å². The molecule has 28 heavy (non-hydrogen) atoms. The molecule has 1 atom stereocenters. The van der Waals surface area contributed by atoms with Crippen molar-refractivity contribution >= 4 is 39.9 Å². The molecule has 1 amide bonds. The molecule has 1 aromatic heterocycles. The predicted octanol–water partition coefficient (Wildman–Crippen LogP) is 4.06. The van der Waals surface area contributed by atoms with Crippen LogP contribution in [-0.4, -0.2) is 33.7 Å². The number of carbonyl (C=O) groups excluding carboxylic acids is 2. The van der Waals surface area contributed by atoms with Gasteiger partial charge in [-0.25, -0.2) is 4.39 Å². The van der Waals surface area contributed by atoms with Crippen LogP contribution in [0.15, 0.2) is 58.9 Å². The highest BCUT2D eigenvalue weighted by Gasteiger charge is 2.17. The monoisotopic (exact) mass is 417 g/mol. The number of hydrogen-bond donors (Lipinski definition) is 1. The van der Waals surface area contributed by atoms with Gasteiger partial charge in [-0.3, -0.25) is 14.9 Å². The largest absolute Gasteiger partial charge is 0.481 e. The van der Waals surface area contributed by atoms with E-state index in [1.165, 1.54) is 47.4 Å². The third-order valence-electron chi connectivity index (χ3n) is 3.55. The summed E-state index contributed by atoms with van der Waals surface area (Å²) in [5.74, 6) is -0.174. The van der Waals surface area contributed by atoms with Crippen molar-refractivity contribution in [1.29, 1.82) is 0 Å². The number of ether oxygens (including phenoxy) is 1. The number of carbonyl (C=O) groups is 2. The van der Waals surface area contributed by atoms with Gasteiger partial charge < -0.3 is 4.74 Å². The first-order valence-corrected chi connectivity index (χ1v) is 10.1. The molecule has 0 saturated carbocycles. The molecule has 0 bridgehead atoms. The van der Waals surface area contributed by atoms with Crippen LogP contribution in [0.5, 0.6) is 5.75 Å². The summed E-state index contributed by atoms with van der Waals surface area (Å²) in [7, 11) is 0. The van der Waals surface area contributed by atoms with E-state index >= 15 is 0 Å². The minimum absolute atomic E-state index is 0.00675. The van der Waals surface area contributed by atoms with E-state index in [0.717, 1.165) is 0 Å². The average Bonchev–Trinajstić information content (AvgIpc) is 3.15. The maximum Gasteiger partial charge on any atom is 0.266 e. The summed E-state index contributed by atoms with van der Waals surface area (Å²) in [6, 6.07) is 14.4. The third-order valence-corrected chi connectivity index (χ3v) is 5.53. The van der Waals surface area contributed by atoms with Crippen molar-refractivity contribution in [3.8, 4) is 5.75 Å². The first-order valence-electron chi connectivity index (χ1n) is 8.29. The summed E-state index contributed by atoms with van der Waals surface area (Å²) >= 11 is 2.44. The number of anilines is 1. The molecule has 0 aliphatic rings. The zero-order valence-electron chi connectivity index (χ0n) is 14.8. The van der Waals surface area contributed by atoms with Crippen molar-refractivity contribution < 1.29 is 18.7 Å². The fourth-order valence-electron chi connectivity index (χ4n) is 2.13. The van der Waals surface area contributed by atoms with E-state index in [0.29, 0.717) is 20.8 Å². The minimum Gasteiger partial charge on any atom is -0.481 e. The fraction of sp³-hybridized carbons (Fsp3) is 0.158. The van der Waals surface area contributed by atoms with Crippen LogP contribution in [0.3, 0.4) is 0 Å². The lowest BCUT2D eigenvalue weighted by atomic mass is 10.2. The lowest BCUT2D eigenvalue weighted by Crippen LogP contribution is -2.30. The Labute approximate surface area is 169 Å². The Morgan fingerprint density at radius 1 is 1.14 bits per heavy atom. The second-order valence-electron chi connectivity index (χ2n) is 5.65. The lowest BCUT2D eigenvalue weighted by Gasteiger charge is -2.13. The van der Waals surface area contributed by atoms with Crippen molar-refractivity contribution in [2.24, 2.45) is 0 Å². The number of aromatic nitrogens is 2. The van der Waals surface area contributed by atoms with E-state index in [4.69, 9.17) is 4.74 Å². The van der Waals surface area contributed by atoms with Crippen molar-refractivity contribution in [2.75, 3.05) is 11.1 Å². The summed E-state index contributed by atoms with van der Waals surface area (Å²) in [6.45, 7) is 1.58. The first-order chi connectivity index (χ1) is 13.5. The van der Waals surface area contributed by atoms with Gasteiger partial charge in [-0.05, 0) is 31.2 Å². The standard InChI is InChI=1S/C19H16FN3O3S2/c1-12(26-15-9-7-14(20)8-10-15)17(25)21-18-22-23-19(28-18)27-11-16(24)13-5-3-2-4-6-13/h2-10,12H,11H2,1H3,(H,21,22,25). The van der Waals surface area contributed by atoms with Gasteiger partial charge in [0.25, 0.3) is 5.91 Å². The van der Waals surface area contributed by atoms with E-state index in [2.05, 4.69) is 15.5 Å². The molecular weight excluding hydrogens is 401 g/mol. The molecular formula is C19H16FN3O3S2. The third kappa shape index (κ3) is 5.61. The molecule has 6 nitrogen and oxygen atoms in total. The van der Waals surface area contributed by atoms with Crippen molar-refractivity contribution in [3.05, 3.63) is 66.0 Å². The summed E-state index contributed by atoms with van der Waals surface area (Å²) in [5, 5.41) is 10.8. The van der Waals surface area contributed by atoms with E-state index in [1.807, 2.05) is 18.2 Å². The summed E-state index contributed by atoms with van der Waals surface area (Å²) in [4.78, 5) is 24.3. The van der Waals surface area contributed by atoms with Gasteiger partial charge in [-0.1, -0.05) is 53.4 Å². The number of nitrogens with one attached hydrogen (secondary N) is 1. The van der Waals surface area contributed by atoms with Gasteiger partial charge in [0.05, 0.1) is 5.75 Å². The minimum atomic E-state index is -0.801. The first kappa shape index (κ1) is 20.0. The molecule has 3 rings (SSSR count). The molecule has 0 aliphatic carbocycles. The SMILES string of the molecule is CC(Oc1ccc(F)cc1)C(=O)Nc1nnc(SCC(=O)c2ccccc2)s1. The quantitative estimate of drug-likeness (QED) is 0.338. The van der Waals surface area contributed by atoms with Gasteiger partial charge in [0.15, 0.2) is 16.2 Å². The van der Waals surface area contributed by atoms with E-state index < -0.39 is 12.0 Å². The second-order valence-corrected chi connectivity index (χ2v) is 7.85. The maximum absolute atomic E-state index is 12.9. The second kappa shape index (κ2) is 9.43. The van der Waals surface area contributed by atoms with Crippen LogP contribution in [0.1, 0.15) is 17.3 Å². The zero-order chi connectivity index (χ0) is 19.9. The van der Waals surface area contributed by atoms with Crippen LogP contribution in [0.4, 0.5) is 9.52 Å². The molecule has 0 aliphatic heterocycles. The number of thioether (sulfide) groups is 1. The van der Waals surface area contributed by atoms with Crippen LogP contribution in [0, 0.1) is 5.82 Å². The zero-order valence-corrected chi connectivity index (χ0v) is 16.4. The molecule has 1 unspecified atom stereocenters. The Hall–Kier alpha value is -2.78. The van der Waals surface area contributed by atoms with Crippen molar-refractivity contribution in [2.45, 2.75) is 17.4 Å². The molecule has 0 spiro atoms. The lowest BCUT2D eigenvalue weighted by molar-refractivity contribution is -0.122. The summed E-state index contributed by atoms with van der Waals surface area (Å²) < 4.78 is 19.0. The molecule has 144 valence electrons. The predicted molar refractivity (Wildman–Crippen MR) is 107 cm³/mol. The summed E-state index contributed by atoms with van der Waals surface area (Å²) in [6.07, 6.45) is -0.801. The van der Waals surface area contributed by atoms with Crippen LogP contribution in [0.25, 0.3) is 0 Å². The highest BCUT2D eigenvalue weighted by molar-refractivity contribution is 8.01. The molecule has 1 heterocycles. The molecule has 3 aromatic rings. The van der Waals surface area contributed by atoms with Gasteiger partial charge >= 0.3 is 0 Å². The van der Waals surface area contributed by atoms with Gasteiger partial charge in [-0.15, -0.1) is 10.2 Å². The van der Waals surface area contributed by atoms with Crippen LogP contribution in [-0.2, 0) is 4.79 Å². The normalized spacial score (nSPS) is 11.6. The number of benzene rings is 2. The number of rotatable bonds is 8. The Morgan fingerprint density at radius 3 is 2.57 bits per heavy atom. The molecule has 9 heteroatoms. The van der Waals surface area contributed by atoms with Crippen LogP contribution >= 0.6 is 23.1 Å². The van der Waals surface area contributed by atoms with Crippen molar-refractivity contribution in [3.63, 3.8) is 0 Å². The molecule has 1 N–H and O–H groups in total. The van der Waals surface area contributed by atoms with E-state index in [-0.39, 0.29) is 17.4 Å². The Morgan fingerprint density at radius 2 is 1.86 bits per heavy atom. The topological polar surface area (TPSA) is 81.2 Å². The smallest absolute Gasteiger partial charge is 0.266 e. The Bertz CT molecular complexity index is 949. The van der Waals surface area contributed by atoms with Crippen molar-refractivity contribution in [1.82, 2.24) is 10.2 Å².